The Morgan fingerprint density at radius 1 is 1.07 bits per heavy atom. The summed E-state index contributed by atoms with van der Waals surface area (Å²) in [5, 5.41) is 4.00. The maximum atomic E-state index is 12.5. The molecule has 0 saturated heterocycles. The van der Waals surface area contributed by atoms with Gasteiger partial charge in [-0.05, 0) is 42.7 Å². The van der Waals surface area contributed by atoms with Crippen LogP contribution in [-0.2, 0) is 4.79 Å². The molecule has 1 heterocycles. The van der Waals surface area contributed by atoms with E-state index >= 15 is 0 Å². The van der Waals surface area contributed by atoms with Crippen LogP contribution in [0.4, 0.5) is 5.69 Å². The molecule has 1 N–H and O–H groups in total. The lowest BCUT2D eigenvalue weighted by atomic mass is 10.0. The highest BCUT2D eigenvalue weighted by Gasteiger charge is 2.08. The average Bonchev–Trinajstić information content (AvgIpc) is 2.68. The van der Waals surface area contributed by atoms with Gasteiger partial charge in [0.1, 0.15) is 0 Å². The highest BCUT2D eigenvalue weighted by atomic mass is 79.9. The molecule has 0 atom stereocenters. The van der Waals surface area contributed by atoms with E-state index in [0.717, 1.165) is 33.0 Å². The number of anilines is 1. The van der Waals surface area contributed by atoms with Gasteiger partial charge in [-0.25, -0.2) is 0 Å². The van der Waals surface area contributed by atoms with Crippen LogP contribution in [-0.4, -0.2) is 10.9 Å². The SMILES string of the molecule is C=CC/C(=C/c1ccc(Br)cc1)CCC(=O)Nc1cccc2cccnc12. The molecule has 1 amide bonds. The fourth-order valence-electron chi connectivity index (χ4n) is 2.91. The van der Waals surface area contributed by atoms with Crippen LogP contribution in [0.15, 0.2) is 83.5 Å². The van der Waals surface area contributed by atoms with Crippen LogP contribution in [0.5, 0.6) is 0 Å². The standard InChI is InChI=1S/C23H21BrN2O/c1-2-5-17(16-18-9-12-20(24)13-10-18)11-14-22(27)26-21-8-3-6-19-7-4-15-25-23(19)21/h2-4,6-10,12-13,15-16H,1,5,11,14H2,(H,26,27)/b17-16-. The highest BCUT2D eigenvalue weighted by molar-refractivity contribution is 9.10. The van der Waals surface area contributed by atoms with Crippen LogP contribution < -0.4 is 5.32 Å². The lowest BCUT2D eigenvalue weighted by Crippen LogP contribution is -2.12. The van der Waals surface area contributed by atoms with E-state index in [9.17, 15) is 4.79 Å². The topological polar surface area (TPSA) is 42.0 Å². The third kappa shape index (κ3) is 5.38. The van der Waals surface area contributed by atoms with Crippen molar-refractivity contribution in [1.82, 2.24) is 4.98 Å². The van der Waals surface area contributed by atoms with Gasteiger partial charge in [0.2, 0.25) is 5.91 Å². The lowest BCUT2D eigenvalue weighted by molar-refractivity contribution is -0.116. The summed E-state index contributed by atoms with van der Waals surface area (Å²) in [6, 6.07) is 17.8. The van der Waals surface area contributed by atoms with Crippen molar-refractivity contribution in [2.75, 3.05) is 5.32 Å². The average molecular weight is 421 g/mol. The molecule has 0 aliphatic heterocycles. The molecule has 2 aromatic carbocycles. The molecule has 0 saturated carbocycles. The van der Waals surface area contributed by atoms with Crippen LogP contribution in [0.1, 0.15) is 24.8 Å². The molecular weight excluding hydrogens is 400 g/mol. The zero-order valence-corrected chi connectivity index (χ0v) is 16.6. The van der Waals surface area contributed by atoms with Gasteiger partial charge in [-0.2, -0.15) is 0 Å². The van der Waals surface area contributed by atoms with E-state index in [1.165, 1.54) is 5.57 Å². The number of benzene rings is 2. The Kier molecular flexibility index (Phi) is 6.55. The fraction of sp³-hybridized carbons (Fsp3) is 0.130. The maximum absolute atomic E-state index is 12.5. The van der Waals surface area contributed by atoms with E-state index in [1.54, 1.807) is 6.20 Å². The lowest BCUT2D eigenvalue weighted by Gasteiger charge is -2.09. The van der Waals surface area contributed by atoms with E-state index in [2.05, 4.69) is 51.0 Å². The molecule has 3 rings (SSSR count). The van der Waals surface area contributed by atoms with Crippen LogP contribution in [0.3, 0.4) is 0 Å². The number of nitrogens with one attached hydrogen (secondary N) is 1. The zero-order valence-electron chi connectivity index (χ0n) is 15.0. The number of halogens is 1. The van der Waals surface area contributed by atoms with E-state index in [0.29, 0.717) is 12.8 Å². The Morgan fingerprint density at radius 2 is 1.85 bits per heavy atom. The third-order valence-electron chi connectivity index (χ3n) is 4.23. The van der Waals surface area contributed by atoms with Crippen molar-refractivity contribution in [3.8, 4) is 0 Å². The zero-order chi connectivity index (χ0) is 19.1. The number of para-hydroxylation sites is 1. The van der Waals surface area contributed by atoms with Crippen molar-refractivity contribution in [1.29, 1.82) is 0 Å². The van der Waals surface area contributed by atoms with Gasteiger partial charge in [-0.3, -0.25) is 9.78 Å². The van der Waals surface area contributed by atoms with Crippen LogP contribution >= 0.6 is 15.9 Å². The molecule has 27 heavy (non-hydrogen) atoms. The smallest absolute Gasteiger partial charge is 0.224 e. The number of carbonyl (C=O) groups is 1. The Labute approximate surface area is 168 Å². The van der Waals surface area contributed by atoms with Crippen molar-refractivity contribution in [3.05, 3.63) is 89.1 Å². The largest absolute Gasteiger partial charge is 0.324 e. The van der Waals surface area contributed by atoms with Gasteiger partial charge in [0.25, 0.3) is 0 Å². The van der Waals surface area contributed by atoms with Gasteiger partial charge in [-0.15, -0.1) is 6.58 Å². The van der Waals surface area contributed by atoms with Gasteiger partial charge in [0.05, 0.1) is 11.2 Å². The number of allylic oxidation sites excluding steroid dienone is 2. The maximum Gasteiger partial charge on any atom is 0.224 e. The molecule has 0 fully saturated rings. The first kappa shape index (κ1) is 19.1. The number of hydrogen-bond donors (Lipinski definition) is 1. The molecule has 4 heteroatoms. The fourth-order valence-corrected chi connectivity index (χ4v) is 3.17. The number of aromatic nitrogens is 1. The second-order valence-corrected chi connectivity index (χ2v) is 7.19. The quantitative estimate of drug-likeness (QED) is 0.450. The molecule has 0 unspecified atom stereocenters. The second kappa shape index (κ2) is 9.28. The van der Waals surface area contributed by atoms with E-state index < -0.39 is 0 Å². The summed E-state index contributed by atoms with van der Waals surface area (Å²) in [5.74, 6) is -0.0149. The molecule has 0 aliphatic carbocycles. The van der Waals surface area contributed by atoms with Gasteiger partial charge >= 0.3 is 0 Å². The number of carbonyl (C=O) groups excluding carboxylic acids is 1. The van der Waals surface area contributed by atoms with E-state index in [1.807, 2.05) is 48.5 Å². The summed E-state index contributed by atoms with van der Waals surface area (Å²) in [7, 11) is 0. The minimum absolute atomic E-state index is 0.0149. The molecule has 3 nitrogen and oxygen atoms in total. The number of rotatable bonds is 7. The summed E-state index contributed by atoms with van der Waals surface area (Å²) >= 11 is 3.45. The van der Waals surface area contributed by atoms with Crippen molar-refractivity contribution in [2.45, 2.75) is 19.3 Å². The van der Waals surface area contributed by atoms with Crippen LogP contribution in [0.2, 0.25) is 0 Å². The molecule has 0 aliphatic rings. The van der Waals surface area contributed by atoms with Gasteiger partial charge in [-0.1, -0.05) is 64.0 Å². The predicted octanol–water partition coefficient (Wildman–Crippen LogP) is 6.38. The van der Waals surface area contributed by atoms with Crippen LogP contribution in [0, 0.1) is 0 Å². The summed E-state index contributed by atoms with van der Waals surface area (Å²) in [6.45, 7) is 3.83. The third-order valence-corrected chi connectivity index (χ3v) is 4.76. The summed E-state index contributed by atoms with van der Waals surface area (Å²) in [5.41, 5.74) is 3.86. The summed E-state index contributed by atoms with van der Waals surface area (Å²) in [6.07, 6.45) is 7.60. The molecule has 0 radical (unpaired) electrons. The summed E-state index contributed by atoms with van der Waals surface area (Å²) < 4.78 is 1.05. The molecule has 0 bridgehead atoms. The molecular formula is C23H21BrN2O. The number of amides is 1. The molecule has 1 aromatic heterocycles. The number of nitrogens with zero attached hydrogens (tertiary/aromatic N) is 1. The Balaban J connectivity index is 1.67. The van der Waals surface area contributed by atoms with Gasteiger partial charge in [0.15, 0.2) is 0 Å². The molecule has 136 valence electrons. The Hall–Kier alpha value is -2.72. The minimum atomic E-state index is -0.0149. The molecule has 0 spiro atoms. The molecule has 3 aromatic rings. The first-order valence-corrected chi connectivity index (χ1v) is 9.64. The highest BCUT2D eigenvalue weighted by Crippen LogP contribution is 2.22. The second-order valence-electron chi connectivity index (χ2n) is 6.28. The predicted molar refractivity (Wildman–Crippen MR) is 117 cm³/mol. The Morgan fingerprint density at radius 3 is 2.63 bits per heavy atom. The van der Waals surface area contributed by atoms with Gasteiger partial charge in [0, 0.05) is 22.5 Å². The first-order valence-electron chi connectivity index (χ1n) is 8.85. The monoisotopic (exact) mass is 420 g/mol. The number of hydrogen-bond acceptors (Lipinski definition) is 2. The van der Waals surface area contributed by atoms with E-state index in [4.69, 9.17) is 0 Å². The van der Waals surface area contributed by atoms with Crippen molar-refractivity contribution >= 4 is 44.5 Å². The van der Waals surface area contributed by atoms with Crippen molar-refractivity contribution in [3.63, 3.8) is 0 Å². The Bertz CT molecular complexity index is 972. The normalized spacial score (nSPS) is 11.4. The summed E-state index contributed by atoms with van der Waals surface area (Å²) in [4.78, 5) is 16.8. The first-order chi connectivity index (χ1) is 13.2. The number of pyridine rings is 1. The van der Waals surface area contributed by atoms with Crippen LogP contribution in [0.25, 0.3) is 17.0 Å². The minimum Gasteiger partial charge on any atom is -0.324 e. The number of fused-ring (bicyclic) bond motifs is 1. The van der Waals surface area contributed by atoms with E-state index in [-0.39, 0.29) is 5.91 Å². The van der Waals surface area contributed by atoms with Crippen molar-refractivity contribution < 1.29 is 4.79 Å². The van der Waals surface area contributed by atoms with Crippen molar-refractivity contribution in [2.24, 2.45) is 0 Å². The van der Waals surface area contributed by atoms with Gasteiger partial charge < -0.3 is 5.32 Å².